The average molecular weight is 409 g/mol. The van der Waals surface area contributed by atoms with Crippen LogP contribution in [0.2, 0.25) is 0 Å². The number of imidazole rings is 1. The van der Waals surface area contributed by atoms with Gasteiger partial charge in [0.15, 0.2) is 28.7 Å². The summed E-state index contributed by atoms with van der Waals surface area (Å²) < 4.78 is 21.6. The van der Waals surface area contributed by atoms with Gasteiger partial charge in [-0.1, -0.05) is 12.1 Å². The first-order chi connectivity index (χ1) is 14.4. The predicted molar refractivity (Wildman–Crippen MR) is 104 cm³/mol. The first kappa shape index (κ1) is 19.2. The third-order valence-corrected chi connectivity index (χ3v) is 4.62. The summed E-state index contributed by atoms with van der Waals surface area (Å²) in [4.78, 5) is 46.3. The van der Waals surface area contributed by atoms with Crippen LogP contribution < -0.4 is 11.4 Å². The number of carbonyl (C=O) groups is 2. The van der Waals surface area contributed by atoms with E-state index in [1.165, 1.54) is 29.0 Å². The van der Waals surface area contributed by atoms with E-state index in [0.717, 1.165) is 10.6 Å². The van der Waals surface area contributed by atoms with Gasteiger partial charge in [-0.15, -0.1) is 0 Å². The lowest BCUT2D eigenvalue weighted by Gasteiger charge is -2.07. The number of hydrogen-bond donors (Lipinski definition) is 1. The minimum Gasteiger partial charge on any atom is -0.461 e. The number of aromatic nitrogens is 4. The van der Waals surface area contributed by atoms with Gasteiger partial charge in [-0.05, 0) is 31.2 Å². The number of fused-ring (bicyclic) bond motifs is 1. The van der Waals surface area contributed by atoms with Crippen molar-refractivity contribution in [1.82, 2.24) is 19.1 Å². The van der Waals surface area contributed by atoms with Gasteiger partial charge in [-0.3, -0.25) is 18.7 Å². The Bertz CT molecular complexity index is 1340. The lowest BCUT2D eigenvalue weighted by molar-refractivity contribution is 0.0962. The molecule has 3 heterocycles. The quantitative estimate of drug-likeness (QED) is 0.486. The Hall–Kier alpha value is -4.08. The first-order valence-corrected chi connectivity index (χ1v) is 9.04. The molecule has 0 atom stereocenters. The highest BCUT2D eigenvalue weighted by molar-refractivity contribution is 6.03. The molecule has 1 aromatic carbocycles. The van der Waals surface area contributed by atoms with Gasteiger partial charge < -0.3 is 10.2 Å². The zero-order valence-electron chi connectivity index (χ0n) is 15.8. The molecule has 0 radical (unpaired) electrons. The second kappa shape index (κ2) is 7.39. The monoisotopic (exact) mass is 409 g/mol. The minimum absolute atomic E-state index is 0.00865. The molecule has 0 fully saturated rings. The second-order valence-corrected chi connectivity index (χ2v) is 6.43. The van der Waals surface area contributed by atoms with Gasteiger partial charge in [0.1, 0.15) is 11.3 Å². The second-order valence-electron chi connectivity index (χ2n) is 6.43. The molecule has 0 aliphatic rings. The number of benzene rings is 1. The van der Waals surface area contributed by atoms with Crippen LogP contribution in [0.3, 0.4) is 0 Å². The number of primary amides is 1. The van der Waals surface area contributed by atoms with E-state index >= 15 is 0 Å². The molecule has 0 spiro atoms. The van der Waals surface area contributed by atoms with Crippen molar-refractivity contribution in [3.8, 4) is 11.6 Å². The maximum absolute atomic E-state index is 14.0. The van der Waals surface area contributed by atoms with Crippen LogP contribution in [-0.2, 0) is 13.1 Å². The molecule has 2 N–H and O–H groups in total. The highest BCUT2D eigenvalue weighted by Gasteiger charge is 2.25. The molecule has 4 aromatic rings. The number of furan rings is 1. The normalized spacial score (nSPS) is 11.1. The van der Waals surface area contributed by atoms with Crippen molar-refractivity contribution in [2.45, 2.75) is 20.0 Å². The Morgan fingerprint density at radius 3 is 2.53 bits per heavy atom. The standard InChI is InChI=1S/C20H16FN5O4/c1-2-25-19-16(15(17(22)28)23-18(24-19)14-8-5-9-30-14)26(20(25)29)10-13(27)11-6-3-4-7-12(11)21/h3-9H,2,10H2,1H3,(H2,22,28). The molecule has 0 aliphatic carbocycles. The minimum atomic E-state index is -0.907. The molecule has 10 heteroatoms. The summed E-state index contributed by atoms with van der Waals surface area (Å²) in [5.74, 6) is -1.90. The number of halogens is 1. The summed E-state index contributed by atoms with van der Waals surface area (Å²) in [5, 5.41) is 0. The van der Waals surface area contributed by atoms with Crippen LogP contribution in [0.1, 0.15) is 27.8 Å². The highest BCUT2D eigenvalue weighted by atomic mass is 19.1. The zero-order valence-corrected chi connectivity index (χ0v) is 15.8. The van der Waals surface area contributed by atoms with E-state index in [0.29, 0.717) is 0 Å². The van der Waals surface area contributed by atoms with E-state index in [1.54, 1.807) is 19.1 Å². The Kier molecular flexibility index (Phi) is 4.74. The Morgan fingerprint density at radius 1 is 1.13 bits per heavy atom. The van der Waals surface area contributed by atoms with Gasteiger partial charge in [0.05, 0.1) is 18.4 Å². The van der Waals surface area contributed by atoms with E-state index in [2.05, 4.69) is 9.97 Å². The van der Waals surface area contributed by atoms with Crippen LogP contribution in [0.15, 0.2) is 51.9 Å². The number of nitrogens with zero attached hydrogens (tertiary/aromatic N) is 4. The maximum Gasteiger partial charge on any atom is 0.330 e. The summed E-state index contributed by atoms with van der Waals surface area (Å²) in [6.07, 6.45) is 1.41. The molecule has 3 aromatic heterocycles. The van der Waals surface area contributed by atoms with Crippen LogP contribution in [0.25, 0.3) is 22.7 Å². The van der Waals surface area contributed by atoms with Gasteiger partial charge in [0.2, 0.25) is 0 Å². The van der Waals surface area contributed by atoms with Gasteiger partial charge >= 0.3 is 5.69 Å². The van der Waals surface area contributed by atoms with E-state index in [4.69, 9.17) is 10.2 Å². The van der Waals surface area contributed by atoms with Crippen molar-refractivity contribution in [3.05, 3.63) is 70.2 Å². The number of Topliss-reactive ketones (excluding diaryl/α,β-unsaturated/α-hetero) is 1. The van der Waals surface area contributed by atoms with Gasteiger partial charge in [-0.2, -0.15) is 0 Å². The third kappa shape index (κ3) is 3.08. The molecule has 4 rings (SSSR count). The summed E-state index contributed by atoms with van der Waals surface area (Å²) in [5.41, 5.74) is 4.64. The number of rotatable bonds is 6. The Balaban J connectivity index is 1.95. The number of aryl methyl sites for hydroxylation is 1. The Morgan fingerprint density at radius 2 is 1.90 bits per heavy atom. The summed E-state index contributed by atoms with van der Waals surface area (Å²) >= 11 is 0. The SMILES string of the molecule is CCn1c(=O)n(CC(=O)c2ccccc2F)c2c(C(N)=O)nc(-c3ccco3)nc21. The van der Waals surface area contributed by atoms with Crippen LogP contribution >= 0.6 is 0 Å². The van der Waals surface area contributed by atoms with E-state index < -0.39 is 29.7 Å². The molecule has 0 saturated heterocycles. The molecule has 30 heavy (non-hydrogen) atoms. The maximum atomic E-state index is 14.0. The molecular formula is C20H16FN5O4. The van der Waals surface area contributed by atoms with Crippen molar-refractivity contribution in [2.24, 2.45) is 5.73 Å². The molecule has 1 amide bonds. The highest BCUT2D eigenvalue weighted by Crippen LogP contribution is 2.22. The van der Waals surface area contributed by atoms with Crippen LogP contribution in [0.4, 0.5) is 4.39 Å². The van der Waals surface area contributed by atoms with Crippen LogP contribution in [-0.4, -0.2) is 30.8 Å². The van der Waals surface area contributed by atoms with E-state index in [-0.39, 0.29) is 40.6 Å². The summed E-state index contributed by atoms with van der Waals surface area (Å²) in [7, 11) is 0. The predicted octanol–water partition coefficient (Wildman–Crippen LogP) is 1.99. The Labute approximate surface area is 168 Å². The number of hydrogen-bond acceptors (Lipinski definition) is 6. The topological polar surface area (TPSA) is 126 Å². The van der Waals surface area contributed by atoms with Crippen molar-refractivity contribution < 1.29 is 18.4 Å². The fraction of sp³-hybridized carbons (Fsp3) is 0.150. The number of nitrogens with two attached hydrogens (primary N) is 1. The van der Waals surface area contributed by atoms with Crippen molar-refractivity contribution in [1.29, 1.82) is 0 Å². The van der Waals surface area contributed by atoms with Crippen molar-refractivity contribution in [3.63, 3.8) is 0 Å². The molecule has 0 unspecified atom stereocenters. The number of carbonyl (C=O) groups excluding carboxylic acids is 2. The molecule has 0 saturated carbocycles. The first-order valence-electron chi connectivity index (χ1n) is 9.04. The zero-order chi connectivity index (χ0) is 21.4. The molecule has 0 bridgehead atoms. The number of amides is 1. The average Bonchev–Trinajstić information content (AvgIpc) is 3.35. The summed E-state index contributed by atoms with van der Waals surface area (Å²) in [6.45, 7) is 1.42. The molecular weight excluding hydrogens is 393 g/mol. The van der Waals surface area contributed by atoms with Gasteiger partial charge in [-0.25, -0.2) is 19.2 Å². The van der Waals surface area contributed by atoms with Gasteiger partial charge in [0, 0.05) is 6.54 Å². The molecule has 0 aliphatic heterocycles. The fourth-order valence-electron chi connectivity index (χ4n) is 3.25. The molecule has 152 valence electrons. The lowest BCUT2D eigenvalue weighted by atomic mass is 10.1. The van der Waals surface area contributed by atoms with Gasteiger partial charge in [0.25, 0.3) is 5.91 Å². The summed E-state index contributed by atoms with van der Waals surface area (Å²) in [6, 6.07) is 8.66. The fourth-order valence-corrected chi connectivity index (χ4v) is 3.25. The van der Waals surface area contributed by atoms with Crippen molar-refractivity contribution in [2.75, 3.05) is 0 Å². The largest absolute Gasteiger partial charge is 0.461 e. The lowest BCUT2D eigenvalue weighted by Crippen LogP contribution is -2.27. The van der Waals surface area contributed by atoms with Crippen LogP contribution in [0, 0.1) is 5.82 Å². The van der Waals surface area contributed by atoms with Crippen LogP contribution in [0.5, 0.6) is 0 Å². The smallest absolute Gasteiger partial charge is 0.330 e. The van der Waals surface area contributed by atoms with E-state index in [1.807, 2.05) is 0 Å². The van der Waals surface area contributed by atoms with Crippen molar-refractivity contribution >= 4 is 22.9 Å². The van der Waals surface area contributed by atoms with E-state index in [9.17, 15) is 18.8 Å². The number of ketones is 1. The third-order valence-electron chi connectivity index (χ3n) is 4.62. The molecule has 9 nitrogen and oxygen atoms in total.